The number of benzene rings is 2. The molecule has 0 atom stereocenters. The zero-order valence-electron chi connectivity index (χ0n) is 17.9. The molecule has 0 radical (unpaired) electrons. The number of hydrogen-bond donors (Lipinski definition) is 0. The number of carbonyl (C=O) groups is 1. The first-order valence-electron chi connectivity index (χ1n) is 11.0. The average Bonchev–Trinajstić information content (AvgIpc) is 3.07. The molecule has 3 aliphatic heterocycles. The van der Waals surface area contributed by atoms with Crippen LogP contribution in [0.25, 0.3) is 5.70 Å². The number of ether oxygens (including phenoxy) is 2. The minimum Gasteiger partial charge on any atom is -0.454 e. The molecular formula is C24H26N2O5S. The second-order valence-electron chi connectivity index (χ2n) is 8.36. The van der Waals surface area contributed by atoms with Gasteiger partial charge in [-0.1, -0.05) is 19.4 Å². The van der Waals surface area contributed by atoms with Crippen molar-refractivity contribution in [3.05, 3.63) is 59.7 Å². The topological polar surface area (TPSA) is 76.2 Å². The highest BCUT2D eigenvalue weighted by atomic mass is 32.2. The van der Waals surface area contributed by atoms with Crippen LogP contribution in [0, 0.1) is 0 Å². The fourth-order valence-electron chi connectivity index (χ4n) is 4.55. The lowest BCUT2D eigenvalue weighted by atomic mass is 9.95. The van der Waals surface area contributed by atoms with Crippen LogP contribution in [0.5, 0.6) is 11.5 Å². The number of carbonyl (C=O) groups excluding carboxylic acids is 1. The predicted molar refractivity (Wildman–Crippen MR) is 120 cm³/mol. The lowest BCUT2D eigenvalue weighted by Crippen LogP contribution is -2.34. The van der Waals surface area contributed by atoms with Gasteiger partial charge in [-0.05, 0) is 61.2 Å². The Morgan fingerprint density at radius 3 is 2.25 bits per heavy atom. The van der Waals surface area contributed by atoms with E-state index in [4.69, 9.17) is 9.47 Å². The maximum Gasteiger partial charge on any atom is 0.258 e. The van der Waals surface area contributed by atoms with E-state index in [0.29, 0.717) is 43.1 Å². The van der Waals surface area contributed by atoms with Crippen LogP contribution in [0.1, 0.15) is 47.2 Å². The largest absolute Gasteiger partial charge is 0.454 e. The van der Waals surface area contributed by atoms with Gasteiger partial charge in [-0.2, -0.15) is 4.31 Å². The Kier molecular flexibility index (Phi) is 5.43. The van der Waals surface area contributed by atoms with E-state index in [1.165, 1.54) is 12.1 Å². The quantitative estimate of drug-likeness (QED) is 0.708. The Balaban J connectivity index is 1.35. The third kappa shape index (κ3) is 3.67. The molecule has 32 heavy (non-hydrogen) atoms. The zero-order valence-corrected chi connectivity index (χ0v) is 18.7. The summed E-state index contributed by atoms with van der Waals surface area (Å²) in [5, 5.41) is 0. The number of fused-ring (bicyclic) bond motifs is 2. The number of amides is 1. The molecule has 168 valence electrons. The highest BCUT2D eigenvalue weighted by Gasteiger charge is 2.29. The van der Waals surface area contributed by atoms with Crippen LogP contribution in [0.3, 0.4) is 0 Å². The smallest absolute Gasteiger partial charge is 0.258 e. The molecule has 3 aliphatic rings. The molecule has 2 aromatic carbocycles. The first-order chi connectivity index (χ1) is 15.4. The highest BCUT2D eigenvalue weighted by molar-refractivity contribution is 7.89. The lowest BCUT2D eigenvalue weighted by molar-refractivity contribution is 0.0833. The standard InChI is InChI=1S/C24H26N2O5S/c1-17-21-15-23-22(30-16-31-23)14-19(21)10-13-26(17)24(27)18-6-8-20(9-7-18)32(28,29)25-11-4-2-3-5-12-25/h6-9,14-15H,1-5,10-13,16H2. The van der Waals surface area contributed by atoms with Gasteiger partial charge in [0.1, 0.15) is 0 Å². The molecule has 0 N–H and O–H groups in total. The molecule has 3 heterocycles. The second-order valence-corrected chi connectivity index (χ2v) is 10.3. The van der Waals surface area contributed by atoms with Gasteiger partial charge in [-0.25, -0.2) is 8.42 Å². The van der Waals surface area contributed by atoms with Gasteiger partial charge in [-0.15, -0.1) is 0 Å². The van der Waals surface area contributed by atoms with E-state index in [1.54, 1.807) is 21.3 Å². The number of sulfonamides is 1. The van der Waals surface area contributed by atoms with Crippen LogP contribution in [0.15, 0.2) is 47.9 Å². The van der Waals surface area contributed by atoms with Crippen LogP contribution in [-0.4, -0.2) is 50.0 Å². The van der Waals surface area contributed by atoms with Gasteiger partial charge in [0.2, 0.25) is 16.8 Å². The summed E-state index contributed by atoms with van der Waals surface area (Å²) in [5.74, 6) is 1.18. The van der Waals surface area contributed by atoms with Crippen molar-refractivity contribution in [2.75, 3.05) is 26.4 Å². The van der Waals surface area contributed by atoms with E-state index in [2.05, 4.69) is 6.58 Å². The maximum atomic E-state index is 13.2. The van der Waals surface area contributed by atoms with Crippen LogP contribution in [0.4, 0.5) is 0 Å². The SMILES string of the molecule is C=C1c2cc3c(cc2CCN1C(=O)c1ccc(S(=O)(=O)N2CCCCCC2)cc1)OCO3. The Labute approximate surface area is 188 Å². The van der Waals surface area contributed by atoms with Crippen LogP contribution < -0.4 is 9.47 Å². The van der Waals surface area contributed by atoms with Crippen LogP contribution in [-0.2, 0) is 16.4 Å². The van der Waals surface area contributed by atoms with Crippen molar-refractivity contribution >= 4 is 21.6 Å². The van der Waals surface area contributed by atoms with E-state index in [-0.39, 0.29) is 17.6 Å². The van der Waals surface area contributed by atoms with Gasteiger partial charge < -0.3 is 14.4 Å². The molecule has 7 nitrogen and oxygen atoms in total. The molecule has 0 unspecified atom stereocenters. The van der Waals surface area contributed by atoms with Crippen molar-refractivity contribution in [2.45, 2.75) is 37.0 Å². The summed E-state index contributed by atoms with van der Waals surface area (Å²) in [4.78, 5) is 15.1. The van der Waals surface area contributed by atoms with Gasteiger partial charge >= 0.3 is 0 Å². The van der Waals surface area contributed by atoms with Gasteiger partial charge in [-0.3, -0.25) is 4.79 Å². The van der Waals surface area contributed by atoms with Gasteiger partial charge in [0.05, 0.1) is 4.90 Å². The molecular weight excluding hydrogens is 428 g/mol. The van der Waals surface area contributed by atoms with E-state index in [0.717, 1.165) is 42.6 Å². The molecule has 1 fully saturated rings. The minimum absolute atomic E-state index is 0.194. The minimum atomic E-state index is -3.54. The molecule has 0 saturated carbocycles. The number of hydrogen-bond acceptors (Lipinski definition) is 5. The molecule has 0 aromatic heterocycles. The number of nitrogens with zero attached hydrogens (tertiary/aromatic N) is 2. The highest BCUT2D eigenvalue weighted by Crippen LogP contribution is 2.40. The maximum absolute atomic E-state index is 13.2. The van der Waals surface area contributed by atoms with E-state index in [1.807, 2.05) is 12.1 Å². The summed E-state index contributed by atoms with van der Waals surface area (Å²) in [6, 6.07) is 10.1. The normalized spacial score (nSPS) is 18.9. The summed E-state index contributed by atoms with van der Waals surface area (Å²) < 4.78 is 38.5. The second kappa shape index (κ2) is 8.26. The third-order valence-electron chi connectivity index (χ3n) is 6.39. The number of rotatable bonds is 3. The Hall–Kier alpha value is -2.84. The predicted octanol–water partition coefficient (Wildman–Crippen LogP) is 3.65. The lowest BCUT2D eigenvalue weighted by Gasteiger charge is -2.31. The molecule has 5 rings (SSSR count). The van der Waals surface area contributed by atoms with Crippen molar-refractivity contribution < 1.29 is 22.7 Å². The van der Waals surface area contributed by atoms with Crippen molar-refractivity contribution in [1.29, 1.82) is 0 Å². The fraction of sp³-hybridized carbons (Fsp3) is 0.375. The van der Waals surface area contributed by atoms with E-state index in [9.17, 15) is 13.2 Å². The van der Waals surface area contributed by atoms with E-state index < -0.39 is 10.0 Å². The van der Waals surface area contributed by atoms with Crippen LogP contribution in [0.2, 0.25) is 0 Å². The van der Waals surface area contributed by atoms with Crippen molar-refractivity contribution in [3.8, 4) is 11.5 Å². The first-order valence-corrected chi connectivity index (χ1v) is 12.4. The van der Waals surface area contributed by atoms with Crippen molar-refractivity contribution in [1.82, 2.24) is 9.21 Å². The zero-order chi connectivity index (χ0) is 22.3. The summed E-state index contributed by atoms with van der Waals surface area (Å²) in [6.45, 7) is 5.93. The molecule has 0 bridgehead atoms. The van der Waals surface area contributed by atoms with E-state index >= 15 is 0 Å². The first kappa shape index (κ1) is 21.0. The Morgan fingerprint density at radius 2 is 1.56 bits per heavy atom. The fourth-order valence-corrected chi connectivity index (χ4v) is 6.07. The summed E-state index contributed by atoms with van der Waals surface area (Å²) in [5.41, 5.74) is 2.98. The van der Waals surface area contributed by atoms with Crippen molar-refractivity contribution in [2.24, 2.45) is 0 Å². The molecule has 1 saturated heterocycles. The third-order valence-corrected chi connectivity index (χ3v) is 8.30. The Bertz CT molecular complexity index is 1170. The van der Waals surface area contributed by atoms with Crippen molar-refractivity contribution in [3.63, 3.8) is 0 Å². The average molecular weight is 455 g/mol. The Morgan fingerprint density at radius 1 is 0.906 bits per heavy atom. The summed E-state index contributed by atoms with van der Waals surface area (Å²) in [7, 11) is -3.54. The van der Waals surface area contributed by atoms with Gasteiger partial charge in [0.25, 0.3) is 5.91 Å². The van der Waals surface area contributed by atoms with Gasteiger partial charge in [0.15, 0.2) is 11.5 Å². The molecule has 0 spiro atoms. The summed E-state index contributed by atoms with van der Waals surface area (Å²) >= 11 is 0. The molecule has 0 aliphatic carbocycles. The summed E-state index contributed by atoms with van der Waals surface area (Å²) in [6.07, 6.45) is 4.57. The molecule has 2 aromatic rings. The monoisotopic (exact) mass is 454 g/mol. The molecule has 8 heteroatoms. The van der Waals surface area contributed by atoms with Crippen LogP contribution >= 0.6 is 0 Å². The van der Waals surface area contributed by atoms with Gasteiger partial charge in [0, 0.05) is 36.5 Å². The molecule has 1 amide bonds.